The molecule has 7 nitrogen and oxygen atoms in total. The van der Waals surface area contributed by atoms with Gasteiger partial charge < -0.3 is 25.0 Å². The van der Waals surface area contributed by atoms with E-state index in [1.165, 1.54) is 0 Å². The van der Waals surface area contributed by atoms with Gasteiger partial charge in [0, 0.05) is 31.4 Å². The molecule has 2 aliphatic rings. The average Bonchev–Trinajstić information content (AvgIpc) is 3.58. The van der Waals surface area contributed by atoms with E-state index in [0.29, 0.717) is 26.1 Å². The second-order valence-electron chi connectivity index (χ2n) is 8.17. The smallest absolute Gasteiger partial charge is 0.232 e. The monoisotopic (exact) mass is 423 g/mol. The van der Waals surface area contributed by atoms with Crippen molar-refractivity contribution in [1.29, 1.82) is 0 Å². The van der Waals surface area contributed by atoms with Crippen LogP contribution in [0.4, 0.5) is 5.69 Å². The van der Waals surface area contributed by atoms with Gasteiger partial charge in [-0.15, -0.1) is 0 Å². The number of carbonyl (C=O) groups excluding carboxylic acids is 2. The Morgan fingerprint density at radius 3 is 2.52 bits per heavy atom. The fourth-order valence-corrected chi connectivity index (χ4v) is 4.05. The number of primary amides is 1. The number of ether oxygens (including phenoxy) is 2. The van der Waals surface area contributed by atoms with Gasteiger partial charge >= 0.3 is 0 Å². The molecule has 31 heavy (non-hydrogen) atoms. The van der Waals surface area contributed by atoms with Crippen molar-refractivity contribution >= 4 is 17.5 Å². The van der Waals surface area contributed by atoms with Crippen molar-refractivity contribution in [2.24, 2.45) is 5.73 Å². The Morgan fingerprint density at radius 1 is 1.06 bits per heavy atom. The van der Waals surface area contributed by atoms with Crippen LogP contribution in [0.2, 0.25) is 0 Å². The van der Waals surface area contributed by atoms with Crippen molar-refractivity contribution in [3.8, 4) is 11.5 Å². The zero-order valence-corrected chi connectivity index (χ0v) is 17.8. The number of amides is 2. The van der Waals surface area contributed by atoms with Crippen molar-refractivity contribution in [3.05, 3.63) is 54.1 Å². The van der Waals surface area contributed by atoms with Gasteiger partial charge in [-0.1, -0.05) is 30.3 Å². The molecule has 2 N–H and O–H groups in total. The summed E-state index contributed by atoms with van der Waals surface area (Å²) < 4.78 is 11.5. The first kappa shape index (κ1) is 21.0. The molecule has 2 aromatic carbocycles. The maximum atomic E-state index is 12.7. The summed E-state index contributed by atoms with van der Waals surface area (Å²) >= 11 is 0. The molecule has 1 atom stereocenters. The standard InChI is InChI=1S/C24H29N3O4/c1-30-21-10-7-18(14-22(21)31-20-8-9-20)26-11-12-27(24(29)15-23(25)28)19(16-26)13-17-5-3-2-4-6-17/h2-7,10,14,19-20H,8-9,11-13,15-16H2,1H3,(H2,25,28). The van der Waals surface area contributed by atoms with Gasteiger partial charge in [0.15, 0.2) is 11.5 Å². The first-order chi connectivity index (χ1) is 15.0. The summed E-state index contributed by atoms with van der Waals surface area (Å²) in [6, 6.07) is 16.0. The SMILES string of the molecule is COc1ccc(N2CCN(C(=O)CC(N)=O)C(Cc3ccccc3)C2)cc1OC1CC1. The average molecular weight is 424 g/mol. The lowest BCUT2D eigenvalue weighted by Gasteiger charge is -2.42. The molecule has 0 bridgehead atoms. The molecule has 1 aliphatic carbocycles. The Hall–Kier alpha value is -3.22. The quantitative estimate of drug-likeness (QED) is 0.659. The number of hydrogen-bond acceptors (Lipinski definition) is 5. The molecule has 2 fully saturated rings. The van der Waals surface area contributed by atoms with E-state index in [0.717, 1.165) is 35.6 Å². The van der Waals surface area contributed by atoms with Crippen molar-refractivity contribution in [2.45, 2.75) is 37.8 Å². The van der Waals surface area contributed by atoms with E-state index < -0.39 is 5.91 Å². The van der Waals surface area contributed by atoms with Gasteiger partial charge in [0.2, 0.25) is 11.8 Å². The normalized spacial score (nSPS) is 18.5. The van der Waals surface area contributed by atoms with Crippen molar-refractivity contribution in [1.82, 2.24) is 4.90 Å². The Labute approximate surface area is 182 Å². The molecule has 7 heteroatoms. The number of piperazine rings is 1. The van der Waals surface area contributed by atoms with E-state index in [1.807, 2.05) is 36.4 Å². The van der Waals surface area contributed by atoms with Gasteiger partial charge in [-0.2, -0.15) is 0 Å². The molecule has 0 radical (unpaired) electrons. The number of benzene rings is 2. The molecule has 1 aliphatic heterocycles. The molecule has 1 saturated carbocycles. The number of carbonyl (C=O) groups is 2. The highest BCUT2D eigenvalue weighted by Gasteiger charge is 2.32. The van der Waals surface area contributed by atoms with Gasteiger partial charge in [-0.3, -0.25) is 9.59 Å². The predicted molar refractivity (Wildman–Crippen MR) is 118 cm³/mol. The van der Waals surface area contributed by atoms with Crippen LogP contribution >= 0.6 is 0 Å². The molecule has 164 valence electrons. The van der Waals surface area contributed by atoms with Crippen LogP contribution in [-0.2, 0) is 16.0 Å². The number of methoxy groups -OCH3 is 1. The minimum Gasteiger partial charge on any atom is -0.493 e. The second-order valence-corrected chi connectivity index (χ2v) is 8.17. The molecule has 2 amide bonds. The lowest BCUT2D eigenvalue weighted by molar-refractivity contribution is -0.137. The lowest BCUT2D eigenvalue weighted by atomic mass is 10.0. The maximum absolute atomic E-state index is 12.7. The second kappa shape index (κ2) is 9.29. The zero-order chi connectivity index (χ0) is 21.8. The number of anilines is 1. The van der Waals surface area contributed by atoms with Crippen LogP contribution in [0, 0.1) is 0 Å². The molecular formula is C24H29N3O4. The number of nitrogens with zero attached hydrogens (tertiary/aromatic N) is 2. The summed E-state index contributed by atoms with van der Waals surface area (Å²) in [7, 11) is 1.65. The third kappa shape index (κ3) is 5.29. The van der Waals surface area contributed by atoms with Gasteiger partial charge in [0.1, 0.15) is 6.42 Å². The molecular weight excluding hydrogens is 394 g/mol. The first-order valence-electron chi connectivity index (χ1n) is 10.7. The number of hydrogen-bond donors (Lipinski definition) is 1. The fourth-order valence-electron chi connectivity index (χ4n) is 4.05. The fraction of sp³-hybridized carbons (Fsp3) is 0.417. The van der Waals surface area contributed by atoms with Crippen LogP contribution in [0.5, 0.6) is 11.5 Å². The van der Waals surface area contributed by atoms with Crippen LogP contribution in [0.1, 0.15) is 24.8 Å². The molecule has 1 unspecified atom stereocenters. The Balaban J connectivity index is 1.55. The molecule has 2 aromatic rings. The zero-order valence-electron chi connectivity index (χ0n) is 17.8. The van der Waals surface area contributed by atoms with Crippen molar-refractivity contribution < 1.29 is 19.1 Å². The van der Waals surface area contributed by atoms with Crippen molar-refractivity contribution in [3.63, 3.8) is 0 Å². The van der Waals surface area contributed by atoms with Crippen LogP contribution in [0.15, 0.2) is 48.5 Å². The van der Waals surface area contributed by atoms with Crippen molar-refractivity contribution in [2.75, 3.05) is 31.6 Å². The largest absolute Gasteiger partial charge is 0.493 e. The summed E-state index contributed by atoms with van der Waals surface area (Å²) in [6.07, 6.45) is 2.88. The molecule has 4 rings (SSSR count). The minimum absolute atomic E-state index is 0.0575. The van der Waals surface area contributed by atoms with E-state index in [1.54, 1.807) is 12.0 Å². The summed E-state index contributed by atoms with van der Waals surface area (Å²) in [5, 5.41) is 0. The Morgan fingerprint density at radius 2 is 1.84 bits per heavy atom. The van der Waals surface area contributed by atoms with Gasteiger partial charge in [0.25, 0.3) is 0 Å². The van der Waals surface area contributed by atoms with E-state index in [2.05, 4.69) is 17.0 Å². The van der Waals surface area contributed by atoms with Crippen LogP contribution in [-0.4, -0.2) is 55.6 Å². The van der Waals surface area contributed by atoms with E-state index in [9.17, 15) is 9.59 Å². The maximum Gasteiger partial charge on any atom is 0.232 e. The van der Waals surface area contributed by atoms with E-state index in [-0.39, 0.29) is 24.5 Å². The highest BCUT2D eigenvalue weighted by atomic mass is 16.5. The lowest BCUT2D eigenvalue weighted by Crippen LogP contribution is -2.56. The Kier molecular flexibility index (Phi) is 6.30. The molecule has 1 saturated heterocycles. The Bertz CT molecular complexity index is 930. The van der Waals surface area contributed by atoms with Crippen LogP contribution < -0.4 is 20.1 Å². The topological polar surface area (TPSA) is 85.1 Å². The summed E-state index contributed by atoms with van der Waals surface area (Å²) in [5.74, 6) is 0.685. The molecule has 0 aromatic heterocycles. The third-order valence-corrected chi connectivity index (χ3v) is 5.77. The first-order valence-corrected chi connectivity index (χ1v) is 10.7. The number of nitrogens with two attached hydrogens (primary N) is 1. The highest BCUT2D eigenvalue weighted by molar-refractivity contribution is 5.96. The number of rotatable bonds is 8. The van der Waals surface area contributed by atoms with Gasteiger partial charge in [-0.05, 0) is 37.0 Å². The van der Waals surface area contributed by atoms with E-state index in [4.69, 9.17) is 15.2 Å². The van der Waals surface area contributed by atoms with Crippen LogP contribution in [0.25, 0.3) is 0 Å². The summed E-state index contributed by atoms with van der Waals surface area (Å²) in [4.78, 5) is 28.1. The van der Waals surface area contributed by atoms with Gasteiger partial charge in [0.05, 0.1) is 19.3 Å². The van der Waals surface area contributed by atoms with E-state index >= 15 is 0 Å². The summed E-state index contributed by atoms with van der Waals surface area (Å²) in [6.45, 7) is 1.87. The third-order valence-electron chi connectivity index (χ3n) is 5.77. The molecule has 1 heterocycles. The minimum atomic E-state index is -0.595. The van der Waals surface area contributed by atoms with Crippen LogP contribution in [0.3, 0.4) is 0 Å². The highest BCUT2D eigenvalue weighted by Crippen LogP contribution is 2.37. The van der Waals surface area contributed by atoms with Gasteiger partial charge in [-0.25, -0.2) is 0 Å². The summed E-state index contributed by atoms with van der Waals surface area (Å²) in [5.41, 5.74) is 7.47. The molecule has 0 spiro atoms. The predicted octanol–water partition coefficient (Wildman–Crippen LogP) is 2.37.